The van der Waals surface area contributed by atoms with Crippen LogP contribution < -0.4 is 9.67 Å². The Morgan fingerprint density at radius 2 is 1.50 bits per heavy atom. The van der Waals surface area contributed by atoms with Crippen LogP contribution in [0.25, 0.3) is 23.1 Å². The molecule has 3 aromatic rings. The zero-order valence-corrected chi connectivity index (χ0v) is 26.1. The van der Waals surface area contributed by atoms with Crippen LogP contribution >= 0.6 is 0 Å². The van der Waals surface area contributed by atoms with Crippen LogP contribution in [0.4, 0.5) is 0 Å². The number of carbonyl (C=O) groups excluding carboxylic acids is 1. The highest BCUT2D eigenvalue weighted by Gasteiger charge is 2.30. The van der Waals surface area contributed by atoms with E-state index in [0.29, 0.717) is 5.57 Å². The van der Waals surface area contributed by atoms with Gasteiger partial charge in [-0.15, -0.1) is 0 Å². The fourth-order valence-electron chi connectivity index (χ4n) is 6.07. The number of hydrogen-bond acceptors (Lipinski definition) is 2. The van der Waals surface area contributed by atoms with Gasteiger partial charge in [0.1, 0.15) is 0 Å². The van der Waals surface area contributed by atoms with Crippen molar-refractivity contribution in [2.45, 2.75) is 31.7 Å². The zero-order valence-electron chi connectivity index (χ0n) is 26.1. The van der Waals surface area contributed by atoms with Crippen molar-refractivity contribution in [3.05, 3.63) is 112 Å². The summed E-state index contributed by atoms with van der Waals surface area (Å²) in [5.41, 5.74) is 6.12. The topological polar surface area (TPSA) is 44.0 Å². The van der Waals surface area contributed by atoms with E-state index in [-0.39, 0.29) is 23.0 Å². The van der Waals surface area contributed by atoms with Gasteiger partial charge >= 0.3 is 0 Å². The minimum absolute atomic E-state index is 0.157. The summed E-state index contributed by atoms with van der Waals surface area (Å²) in [5.74, 6) is -0.144. The molecule has 0 bridgehead atoms. The molecule has 0 N–H and O–H groups in total. The van der Waals surface area contributed by atoms with Crippen molar-refractivity contribution in [1.29, 1.82) is 0 Å². The lowest BCUT2D eigenvalue weighted by Crippen LogP contribution is -2.42. The van der Waals surface area contributed by atoms with Gasteiger partial charge in [-0.3, -0.25) is 4.79 Å². The molecule has 2 aliphatic rings. The number of Topliss-reactive ketones (excluding diaryl/α,β-unsaturated/α-hetero) is 1. The van der Waals surface area contributed by atoms with Gasteiger partial charge in [0.15, 0.2) is 12.3 Å². The van der Waals surface area contributed by atoms with Crippen molar-refractivity contribution >= 4 is 28.8 Å². The van der Waals surface area contributed by atoms with Gasteiger partial charge in [0.2, 0.25) is 11.2 Å². The molecule has 2 aliphatic carbocycles. The second kappa shape index (κ2) is 11.8. The number of carbonyl (C=O) groups is 1. The molecule has 0 spiro atoms. The van der Waals surface area contributed by atoms with Gasteiger partial charge in [-0.05, 0) is 47.8 Å². The van der Waals surface area contributed by atoms with E-state index in [2.05, 4.69) is 101 Å². The summed E-state index contributed by atoms with van der Waals surface area (Å²) in [6, 6.07) is 20.9. The van der Waals surface area contributed by atoms with Crippen LogP contribution in [0.5, 0.6) is 0 Å². The second-order valence-electron chi connectivity index (χ2n) is 13.8. The molecule has 42 heavy (non-hydrogen) atoms. The molecule has 0 radical (unpaired) electrons. The average Bonchev–Trinajstić information content (AvgIpc) is 2.94. The smallest absolute Gasteiger partial charge is 0.212 e. The van der Waals surface area contributed by atoms with Gasteiger partial charge in [0, 0.05) is 40.7 Å². The lowest BCUT2D eigenvalue weighted by atomic mass is 9.77. The van der Waals surface area contributed by atoms with Crippen molar-refractivity contribution in [1.82, 2.24) is 0 Å². The lowest BCUT2D eigenvalue weighted by Gasteiger charge is -2.31. The maximum Gasteiger partial charge on any atom is 0.212 e. The molecule has 5 nitrogen and oxygen atoms in total. The molecule has 1 atom stereocenters. The largest absolute Gasteiger partial charge is 0.871 e. The first kappa shape index (κ1) is 29.7. The molecule has 0 aliphatic heterocycles. The summed E-state index contributed by atoms with van der Waals surface area (Å²) >= 11 is 0. The van der Waals surface area contributed by atoms with Gasteiger partial charge in [-0.2, -0.15) is 4.57 Å². The van der Waals surface area contributed by atoms with Crippen LogP contribution in [-0.4, -0.2) is 70.1 Å². The van der Waals surface area contributed by atoms with Gasteiger partial charge in [-0.25, -0.2) is 0 Å². The first-order chi connectivity index (χ1) is 19.9. The summed E-state index contributed by atoms with van der Waals surface area (Å²) < 4.78 is 4.05. The highest BCUT2D eigenvalue weighted by atomic mass is 16.3. The number of benzene rings is 2. The van der Waals surface area contributed by atoms with Crippen LogP contribution in [0, 0.1) is 0 Å². The Labute approximate surface area is 251 Å². The maximum absolute atomic E-state index is 13.5. The number of allylic oxidation sites excluding steroid dienone is 5. The quantitative estimate of drug-likeness (QED) is 0.197. The highest BCUT2D eigenvalue weighted by molar-refractivity contribution is 6.23. The fourth-order valence-corrected chi connectivity index (χ4v) is 6.07. The standard InChI is InChI=1S/C37H45N3O2/c1-39(2,3)23-11-16-32-29(19-18-27-13-7-9-15-31(27)32)25-33-36(41)34(37(33)42)26-30-21-20-28-14-8-10-17-35(28)38(30)22-12-24-40(4,5)6/h7-10,13-15,17-21,25-26,32H,11-12,16,22-24H2,1-6H3/q+2/b29-25-. The number of ketones is 1. The third-order valence-electron chi connectivity index (χ3n) is 8.32. The van der Waals surface area contributed by atoms with Gasteiger partial charge in [0.25, 0.3) is 0 Å². The SMILES string of the molecule is C[N+](C)(C)CCCC1/C(=C\C2=C([O-])C(=Cc3ccc4ccccc4[n+]3CCC[N+](C)(C)C)C2=O)C=Cc2ccccc21. The molecule has 1 heterocycles. The number of fused-ring (bicyclic) bond motifs is 2. The molecule has 2 aromatic carbocycles. The molecular weight excluding hydrogens is 518 g/mol. The van der Waals surface area contributed by atoms with Crippen molar-refractivity contribution in [2.24, 2.45) is 0 Å². The predicted molar refractivity (Wildman–Crippen MR) is 170 cm³/mol. The molecule has 5 heteroatoms. The van der Waals surface area contributed by atoms with E-state index < -0.39 is 0 Å². The summed E-state index contributed by atoms with van der Waals surface area (Å²) in [6.45, 7) is 2.91. The monoisotopic (exact) mass is 563 g/mol. The van der Waals surface area contributed by atoms with Crippen LogP contribution in [0.15, 0.2) is 95.3 Å². The Morgan fingerprint density at radius 1 is 0.810 bits per heavy atom. The maximum atomic E-state index is 13.5. The zero-order chi connectivity index (χ0) is 30.1. The first-order valence-corrected chi connectivity index (χ1v) is 15.1. The summed E-state index contributed by atoms with van der Waals surface area (Å²) in [5, 5.41) is 14.6. The Morgan fingerprint density at radius 3 is 2.24 bits per heavy atom. The Balaban J connectivity index is 1.46. The van der Waals surface area contributed by atoms with E-state index in [1.165, 1.54) is 11.1 Å². The molecule has 0 saturated heterocycles. The fraction of sp³-hybridized carbons (Fsp3) is 0.351. The average molecular weight is 564 g/mol. The highest BCUT2D eigenvalue weighted by Crippen LogP contribution is 2.39. The van der Waals surface area contributed by atoms with Crippen LogP contribution in [0.1, 0.15) is 42.0 Å². The van der Waals surface area contributed by atoms with Crippen LogP contribution in [0.3, 0.4) is 0 Å². The number of aromatic nitrogens is 1. The Bertz CT molecular complexity index is 1630. The normalized spacial score (nSPS) is 19.1. The minimum atomic E-state index is -0.157. The first-order valence-electron chi connectivity index (χ1n) is 15.1. The third-order valence-corrected chi connectivity index (χ3v) is 8.32. The molecular formula is C37H45N3O2+2. The molecule has 1 aromatic heterocycles. The lowest BCUT2D eigenvalue weighted by molar-refractivity contribution is -0.873. The number of hydrogen-bond donors (Lipinski definition) is 0. The summed E-state index contributed by atoms with van der Waals surface area (Å²) in [4.78, 5) is 13.5. The van der Waals surface area contributed by atoms with E-state index in [4.69, 9.17) is 0 Å². The van der Waals surface area contributed by atoms with Crippen LogP contribution in [0.2, 0.25) is 0 Å². The number of aryl methyl sites for hydroxylation is 1. The second-order valence-corrected chi connectivity index (χ2v) is 13.8. The van der Waals surface area contributed by atoms with Crippen molar-refractivity contribution in [2.75, 3.05) is 55.4 Å². The number of quaternary nitrogens is 2. The molecule has 0 saturated carbocycles. The molecule has 1 unspecified atom stereocenters. The van der Waals surface area contributed by atoms with Crippen molar-refractivity contribution in [3.63, 3.8) is 0 Å². The van der Waals surface area contributed by atoms with E-state index in [0.717, 1.165) is 70.0 Å². The number of rotatable bonds is 10. The van der Waals surface area contributed by atoms with Gasteiger partial charge in [0.05, 0.1) is 61.8 Å². The van der Waals surface area contributed by atoms with E-state index in [1.54, 1.807) is 6.08 Å². The van der Waals surface area contributed by atoms with Crippen LogP contribution in [-0.2, 0) is 11.3 Å². The Kier molecular flexibility index (Phi) is 8.36. The summed E-state index contributed by atoms with van der Waals surface area (Å²) in [7, 11) is 13.2. The molecule has 218 valence electrons. The van der Waals surface area contributed by atoms with Gasteiger partial charge < -0.3 is 14.1 Å². The third kappa shape index (κ3) is 6.64. The van der Waals surface area contributed by atoms with E-state index in [1.807, 2.05) is 24.3 Å². The van der Waals surface area contributed by atoms with E-state index >= 15 is 0 Å². The molecule has 5 rings (SSSR count). The summed E-state index contributed by atoms with van der Waals surface area (Å²) in [6.07, 6.45) is 10.9. The number of nitrogens with zero attached hydrogens (tertiary/aromatic N) is 3. The number of para-hydroxylation sites is 1. The van der Waals surface area contributed by atoms with E-state index in [9.17, 15) is 9.90 Å². The molecule has 0 fully saturated rings. The minimum Gasteiger partial charge on any atom is -0.871 e. The van der Waals surface area contributed by atoms with Crippen molar-refractivity contribution < 1.29 is 23.4 Å². The number of pyridine rings is 1. The Hall–Kier alpha value is -3.80. The van der Waals surface area contributed by atoms with Crippen molar-refractivity contribution in [3.8, 4) is 0 Å². The van der Waals surface area contributed by atoms with Gasteiger partial charge in [-0.1, -0.05) is 54.3 Å². The predicted octanol–water partition coefficient (Wildman–Crippen LogP) is 5.03. The molecule has 0 amide bonds.